The molecule has 0 aromatic heterocycles. The highest BCUT2D eigenvalue weighted by Gasteiger charge is 2.42. The van der Waals surface area contributed by atoms with E-state index in [1.165, 1.54) is 49.1 Å². The Balaban J connectivity index is 1.60. The summed E-state index contributed by atoms with van der Waals surface area (Å²) >= 11 is 0. The molecule has 156 valence electrons. The first kappa shape index (κ1) is 20.3. The molecule has 2 heteroatoms. The second kappa shape index (κ2) is 8.42. The molecule has 2 fully saturated rings. The van der Waals surface area contributed by atoms with Gasteiger partial charge in [0.05, 0.1) is 5.54 Å². The van der Waals surface area contributed by atoms with E-state index in [-0.39, 0.29) is 5.54 Å². The average Bonchev–Trinajstić information content (AvgIpc) is 3.56. The lowest BCUT2D eigenvalue weighted by molar-refractivity contribution is 0.171. The average molecular weight is 391 g/mol. The van der Waals surface area contributed by atoms with Gasteiger partial charge in [0.1, 0.15) is 5.82 Å². The van der Waals surface area contributed by atoms with Crippen LogP contribution in [-0.4, -0.2) is 23.0 Å². The first-order valence-corrected chi connectivity index (χ1v) is 11.6. The normalized spacial score (nSPS) is 28.7. The summed E-state index contributed by atoms with van der Waals surface area (Å²) in [4.78, 5) is 2.67. The van der Waals surface area contributed by atoms with Crippen molar-refractivity contribution in [3.63, 3.8) is 0 Å². The molecule has 3 aliphatic carbocycles. The Kier molecular flexibility index (Phi) is 5.90. The molecule has 4 aliphatic rings. The molecule has 1 saturated heterocycles. The zero-order valence-corrected chi connectivity index (χ0v) is 18.5. The van der Waals surface area contributed by atoms with Crippen LogP contribution >= 0.6 is 0 Å². The molecule has 4 rings (SSSR count). The van der Waals surface area contributed by atoms with Crippen molar-refractivity contribution in [3.8, 4) is 0 Å². The van der Waals surface area contributed by atoms with Gasteiger partial charge in [-0.2, -0.15) is 0 Å². The SMILES string of the molecule is C=CCC1(C2=CCC(=C)CC2)CCN(C(C)C2=CC=C(C)CCC2)C(=C2CC2)N1. The van der Waals surface area contributed by atoms with Gasteiger partial charge in [-0.25, -0.2) is 0 Å². The molecule has 1 heterocycles. The molecule has 1 aliphatic heterocycles. The Hall–Kier alpha value is -1.96. The van der Waals surface area contributed by atoms with Crippen molar-refractivity contribution in [1.29, 1.82) is 0 Å². The molecule has 0 radical (unpaired) electrons. The maximum absolute atomic E-state index is 4.20. The van der Waals surface area contributed by atoms with E-state index < -0.39 is 0 Å². The minimum Gasteiger partial charge on any atom is -0.362 e. The monoisotopic (exact) mass is 390 g/mol. The fraction of sp³-hybridized carbons (Fsp3) is 0.556. The molecule has 0 bridgehead atoms. The zero-order valence-electron chi connectivity index (χ0n) is 18.5. The van der Waals surface area contributed by atoms with Gasteiger partial charge in [0.2, 0.25) is 0 Å². The summed E-state index contributed by atoms with van der Waals surface area (Å²) in [5.41, 5.74) is 7.73. The minimum absolute atomic E-state index is 0.0535. The van der Waals surface area contributed by atoms with Crippen molar-refractivity contribution >= 4 is 0 Å². The van der Waals surface area contributed by atoms with E-state index in [2.05, 4.69) is 61.5 Å². The van der Waals surface area contributed by atoms with Gasteiger partial charge in [0.25, 0.3) is 0 Å². The van der Waals surface area contributed by atoms with Gasteiger partial charge >= 0.3 is 0 Å². The summed E-state index contributed by atoms with van der Waals surface area (Å²) in [7, 11) is 0. The van der Waals surface area contributed by atoms with Crippen LogP contribution in [0.25, 0.3) is 0 Å². The standard InChI is InChI=1S/C27H38N2/c1-5-17-27(25-15-10-21(3)11-16-25)18-19-29(26(28-27)24-13-14-24)22(4)23-8-6-7-20(2)9-12-23/h5,9,12,15,22,28H,1,3,6-8,10-11,13-14,16-19H2,2,4H3. The molecule has 2 nitrogen and oxygen atoms in total. The quantitative estimate of drug-likeness (QED) is 0.525. The van der Waals surface area contributed by atoms with Gasteiger partial charge in [0.15, 0.2) is 0 Å². The van der Waals surface area contributed by atoms with Crippen molar-refractivity contribution in [2.24, 2.45) is 0 Å². The van der Waals surface area contributed by atoms with Gasteiger partial charge in [-0.15, -0.1) is 6.58 Å². The highest BCUT2D eigenvalue weighted by Crippen LogP contribution is 2.43. The van der Waals surface area contributed by atoms with Crippen LogP contribution in [0.3, 0.4) is 0 Å². The highest BCUT2D eigenvalue weighted by molar-refractivity contribution is 5.36. The van der Waals surface area contributed by atoms with Gasteiger partial charge in [-0.1, -0.05) is 42.0 Å². The van der Waals surface area contributed by atoms with Crippen LogP contribution in [0, 0.1) is 0 Å². The Morgan fingerprint density at radius 2 is 2.00 bits per heavy atom. The Bertz CT molecular complexity index is 800. The van der Waals surface area contributed by atoms with E-state index in [0.29, 0.717) is 6.04 Å². The third-order valence-corrected chi connectivity index (χ3v) is 7.37. The van der Waals surface area contributed by atoms with Crippen molar-refractivity contribution in [3.05, 3.63) is 71.1 Å². The van der Waals surface area contributed by atoms with Gasteiger partial charge in [0, 0.05) is 12.6 Å². The maximum atomic E-state index is 4.20. The van der Waals surface area contributed by atoms with Crippen molar-refractivity contribution in [2.45, 2.75) is 89.6 Å². The van der Waals surface area contributed by atoms with Gasteiger partial charge < -0.3 is 10.2 Å². The molecular formula is C27H38N2. The lowest BCUT2D eigenvalue weighted by atomic mass is 9.76. The summed E-state index contributed by atoms with van der Waals surface area (Å²) in [6.07, 6.45) is 21.1. The molecule has 2 unspecified atom stereocenters. The van der Waals surface area contributed by atoms with Crippen LogP contribution in [0.15, 0.2) is 71.1 Å². The number of rotatable bonds is 5. The number of allylic oxidation sites excluding steroid dienone is 6. The summed E-state index contributed by atoms with van der Waals surface area (Å²) in [6, 6.07) is 0.467. The third kappa shape index (κ3) is 4.32. The number of hydrogen-bond donors (Lipinski definition) is 1. The molecule has 1 saturated carbocycles. The predicted octanol–water partition coefficient (Wildman–Crippen LogP) is 6.71. The van der Waals surface area contributed by atoms with Crippen LogP contribution in [-0.2, 0) is 0 Å². The molecule has 0 spiro atoms. The fourth-order valence-corrected chi connectivity index (χ4v) is 5.29. The third-order valence-electron chi connectivity index (χ3n) is 7.37. The number of hydrogen-bond acceptors (Lipinski definition) is 2. The van der Waals surface area contributed by atoms with E-state index in [1.54, 1.807) is 16.7 Å². The van der Waals surface area contributed by atoms with E-state index in [9.17, 15) is 0 Å². The van der Waals surface area contributed by atoms with Crippen LogP contribution < -0.4 is 5.32 Å². The fourth-order valence-electron chi connectivity index (χ4n) is 5.29. The molecule has 1 N–H and O–H groups in total. The Labute approximate surface area is 177 Å². The second-order valence-electron chi connectivity index (χ2n) is 9.56. The first-order chi connectivity index (χ1) is 14.0. The minimum atomic E-state index is 0.0535. The van der Waals surface area contributed by atoms with E-state index in [1.807, 2.05) is 0 Å². The summed E-state index contributed by atoms with van der Waals surface area (Å²) in [5.74, 6) is 1.43. The molecule has 2 atom stereocenters. The maximum Gasteiger partial charge on any atom is 0.102 e. The first-order valence-electron chi connectivity index (χ1n) is 11.6. The van der Waals surface area contributed by atoms with Crippen molar-refractivity contribution in [2.75, 3.05) is 6.54 Å². The molecule has 0 amide bonds. The molecule has 0 aromatic rings. The van der Waals surface area contributed by atoms with Crippen molar-refractivity contribution in [1.82, 2.24) is 10.2 Å². The zero-order chi connectivity index (χ0) is 20.4. The van der Waals surface area contributed by atoms with Gasteiger partial charge in [-0.3, -0.25) is 0 Å². The Morgan fingerprint density at radius 1 is 1.17 bits per heavy atom. The molecule has 29 heavy (non-hydrogen) atoms. The molecular weight excluding hydrogens is 352 g/mol. The van der Waals surface area contributed by atoms with E-state index >= 15 is 0 Å². The van der Waals surface area contributed by atoms with Crippen LogP contribution in [0.4, 0.5) is 0 Å². The topological polar surface area (TPSA) is 15.3 Å². The lowest BCUT2D eigenvalue weighted by Gasteiger charge is -2.50. The molecule has 0 aromatic carbocycles. The second-order valence-corrected chi connectivity index (χ2v) is 9.56. The van der Waals surface area contributed by atoms with Crippen LogP contribution in [0.5, 0.6) is 0 Å². The van der Waals surface area contributed by atoms with Crippen molar-refractivity contribution < 1.29 is 0 Å². The summed E-state index contributed by atoms with van der Waals surface area (Å²) in [5, 5.41) is 4.10. The number of nitrogens with one attached hydrogen (secondary N) is 1. The van der Waals surface area contributed by atoms with Crippen LogP contribution in [0.1, 0.15) is 78.1 Å². The lowest BCUT2D eigenvalue weighted by Crippen LogP contribution is -2.58. The summed E-state index contributed by atoms with van der Waals surface area (Å²) < 4.78 is 0. The smallest absolute Gasteiger partial charge is 0.102 e. The largest absolute Gasteiger partial charge is 0.362 e. The highest BCUT2D eigenvalue weighted by atomic mass is 15.3. The Morgan fingerprint density at radius 3 is 2.69 bits per heavy atom. The van der Waals surface area contributed by atoms with E-state index in [4.69, 9.17) is 0 Å². The van der Waals surface area contributed by atoms with Crippen LogP contribution in [0.2, 0.25) is 0 Å². The van der Waals surface area contributed by atoms with E-state index in [0.717, 1.165) is 38.6 Å². The predicted molar refractivity (Wildman–Crippen MR) is 124 cm³/mol. The summed E-state index contributed by atoms with van der Waals surface area (Å²) in [6.45, 7) is 14.1. The van der Waals surface area contributed by atoms with Gasteiger partial charge in [-0.05, 0) is 94.8 Å². The number of nitrogens with zero attached hydrogens (tertiary/aromatic N) is 1.